The fraction of sp³-hybridized carbons (Fsp3) is 0.650. The molecule has 0 saturated heterocycles. The summed E-state index contributed by atoms with van der Waals surface area (Å²) < 4.78 is 5.33. The maximum Gasteiger partial charge on any atom is 0.191 e. The number of aliphatic imine (C=N–C) groups is 1. The largest absolute Gasteiger partial charge is 0.385 e. The lowest BCUT2D eigenvalue weighted by molar-refractivity contribution is 0.138. The first-order valence-electron chi connectivity index (χ1n) is 9.27. The Labute approximate surface area is 146 Å². The van der Waals surface area contributed by atoms with Crippen molar-refractivity contribution in [1.82, 2.24) is 10.6 Å². The van der Waals surface area contributed by atoms with Gasteiger partial charge < -0.3 is 15.4 Å². The molecule has 2 aliphatic carbocycles. The third kappa shape index (κ3) is 4.29. The van der Waals surface area contributed by atoms with Crippen LogP contribution < -0.4 is 10.6 Å². The van der Waals surface area contributed by atoms with Gasteiger partial charge in [0.2, 0.25) is 0 Å². The van der Waals surface area contributed by atoms with E-state index >= 15 is 0 Å². The highest BCUT2D eigenvalue weighted by Gasteiger charge is 2.39. The van der Waals surface area contributed by atoms with E-state index in [4.69, 9.17) is 4.74 Å². The molecule has 1 aromatic carbocycles. The van der Waals surface area contributed by atoms with Crippen molar-refractivity contribution in [3.05, 3.63) is 35.9 Å². The average Bonchev–Trinajstić information content (AvgIpc) is 3.25. The van der Waals surface area contributed by atoms with Gasteiger partial charge in [0.1, 0.15) is 0 Å². The minimum Gasteiger partial charge on any atom is -0.385 e. The van der Waals surface area contributed by atoms with E-state index in [9.17, 15) is 0 Å². The van der Waals surface area contributed by atoms with Gasteiger partial charge >= 0.3 is 0 Å². The second-order valence-electron chi connectivity index (χ2n) is 7.38. The van der Waals surface area contributed by atoms with Crippen molar-refractivity contribution < 1.29 is 4.74 Å². The third-order valence-corrected chi connectivity index (χ3v) is 5.70. The van der Waals surface area contributed by atoms with Gasteiger partial charge in [-0.25, -0.2) is 0 Å². The van der Waals surface area contributed by atoms with Crippen LogP contribution in [0.5, 0.6) is 0 Å². The summed E-state index contributed by atoms with van der Waals surface area (Å²) in [6.45, 7) is 1.85. The van der Waals surface area contributed by atoms with E-state index in [2.05, 4.69) is 46.0 Å². The highest BCUT2D eigenvalue weighted by molar-refractivity contribution is 5.80. The number of nitrogens with one attached hydrogen (secondary N) is 2. The Balaban J connectivity index is 1.49. The molecular weight excluding hydrogens is 298 g/mol. The van der Waals surface area contributed by atoms with E-state index in [0.717, 1.165) is 25.5 Å². The van der Waals surface area contributed by atoms with Crippen LogP contribution in [0, 0.1) is 5.41 Å². The van der Waals surface area contributed by atoms with Gasteiger partial charge in [0.05, 0.1) is 0 Å². The zero-order valence-electron chi connectivity index (χ0n) is 15.1. The number of benzene rings is 1. The molecule has 0 aromatic heterocycles. The minimum absolute atomic E-state index is 0.385. The summed E-state index contributed by atoms with van der Waals surface area (Å²) >= 11 is 0. The lowest BCUT2D eigenvalue weighted by Gasteiger charge is -2.30. The molecule has 3 rings (SSSR count). The van der Waals surface area contributed by atoms with Gasteiger partial charge in [-0.2, -0.15) is 0 Å². The number of nitrogens with zero attached hydrogens (tertiary/aromatic N) is 1. The first-order chi connectivity index (χ1) is 11.8. The predicted molar refractivity (Wildman–Crippen MR) is 99.5 cm³/mol. The van der Waals surface area contributed by atoms with Crippen molar-refractivity contribution >= 4 is 5.96 Å². The van der Waals surface area contributed by atoms with Crippen LogP contribution in [0.2, 0.25) is 0 Å². The molecule has 0 aliphatic heterocycles. The maximum atomic E-state index is 5.33. The van der Waals surface area contributed by atoms with E-state index in [1.807, 2.05) is 7.05 Å². The van der Waals surface area contributed by atoms with Crippen molar-refractivity contribution in [3.63, 3.8) is 0 Å². The van der Waals surface area contributed by atoms with Crippen LogP contribution in [-0.4, -0.2) is 39.3 Å². The number of hydrogen-bond acceptors (Lipinski definition) is 2. The summed E-state index contributed by atoms with van der Waals surface area (Å²) in [5, 5.41) is 7.18. The van der Waals surface area contributed by atoms with Gasteiger partial charge in [-0.15, -0.1) is 0 Å². The number of hydrogen-bond donors (Lipinski definition) is 2. The standard InChI is InChI=1S/C20H31N3O/c1-21-19(22-15-20(12-13-24-2)10-6-7-11-20)23-18-14-17(18)16-8-4-3-5-9-16/h3-5,8-9,17-18H,6-7,10-15H2,1-2H3,(H2,21,22,23). The highest BCUT2D eigenvalue weighted by Crippen LogP contribution is 2.41. The summed E-state index contributed by atoms with van der Waals surface area (Å²) in [6, 6.07) is 11.3. The molecule has 2 saturated carbocycles. The molecule has 2 aliphatic rings. The molecule has 2 fully saturated rings. The monoisotopic (exact) mass is 329 g/mol. The molecule has 132 valence electrons. The fourth-order valence-corrected chi connectivity index (χ4v) is 4.02. The summed E-state index contributed by atoms with van der Waals surface area (Å²) in [4.78, 5) is 4.43. The first-order valence-corrected chi connectivity index (χ1v) is 9.27. The van der Waals surface area contributed by atoms with Crippen LogP contribution in [0.4, 0.5) is 0 Å². The van der Waals surface area contributed by atoms with Crippen LogP contribution in [0.15, 0.2) is 35.3 Å². The summed E-state index contributed by atoms with van der Waals surface area (Å²) in [5.41, 5.74) is 1.81. The fourth-order valence-electron chi connectivity index (χ4n) is 4.02. The maximum absolute atomic E-state index is 5.33. The molecule has 0 bridgehead atoms. The first kappa shape index (κ1) is 17.3. The van der Waals surface area contributed by atoms with Crippen LogP contribution in [0.25, 0.3) is 0 Å². The van der Waals surface area contributed by atoms with Crippen LogP contribution in [-0.2, 0) is 4.74 Å². The molecule has 2 unspecified atom stereocenters. The molecule has 2 N–H and O–H groups in total. The summed E-state index contributed by atoms with van der Waals surface area (Å²) in [7, 11) is 3.67. The van der Waals surface area contributed by atoms with E-state index in [0.29, 0.717) is 17.4 Å². The summed E-state index contributed by atoms with van der Waals surface area (Å²) in [5.74, 6) is 1.57. The molecule has 0 spiro atoms. The molecule has 4 nitrogen and oxygen atoms in total. The Bertz CT molecular complexity index is 537. The lowest BCUT2D eigenvalue weighted by Crippen LogP contribution is -2.44. The predicted octanol–water partition coefficient (Wildman–Crippen LogP) is 3.30. The quantitative estimate of drug-likeness (QED) is 0.596. The second kappa shape index (κ2) is 8.02. The van der Waals surface area contributed by atoms with Crippen LogP contribution in [0.1, 0.15) is 50.0 Å². The Morgan fingerprint density at radius 1 is 1.25 bits per heavy atom. The molecule has 2 atom stereocenters. The van der Waals surface area contributed by atoms with Crippen molar-refractivity contribution in [2.24, 2.45) is 10.4 Å². The van der Waals surface area contributed by atoms with E-state index < -0.39 is 0 Å². The zero-order chi connectivity index (χ0) is 16.8. The molecule has 24 heavy (non-hydrogen) atoms. The molecule has 0 amide bonds. The Morgan fingerprint density at radius 2 is 2.00 bits per heavy atom. The van der Waals surface area contributed by atoms with Crippen molar-refractivity contribution in [3.8, 4) is 0 Å². The van der Waals surface area contributed by atoms with Gasteiger partial charge in [-0.3, -0.25) is 4.99 Å². The number of ether oxygens (including phenoxy) is 1. The van der Waals surface area contributed by atoms with Gasteiger partial charge in [0.15, 0.2) is 5.96 Å². The molecule has 0 radical (unpaired) electrons. The molecule has 4 heteroatoms. The highest BCUT2D eigenvalue weighted by atomic mass is 16.5. The van der Waals surface area contributed by atoms with Crippen LogP contribution >= 0.6 is 0 Å². The van der Waals surface area contributed by atoms with E-state index in [1.54, 1.807) is 7.11 Å². The zero-order valence-corrected chi connectivity index (χ0v) is 15.1. The van der Waals surface area contributed by atoms with Gasteiger partial charge in [0, 0.05) is 39.3 Å². The number of methoxy groups -OCH3 is 1. The summed E-state index contributed by atoms with van der Waals surface area (Å²) in [6.07, 6.45) is 7.63. The van der Waals surface area contributed by atoms with Gasteiger partial charge in [-0.05, 0) is 36.7 Å². The van der Waals surface area contributed by atoms with Crippen LogP contribution in [0.3, 0.4) is 0 Å². The van der Waals surface area contributed by atoms with E-state index in [-0.39, 0.29) is 0 Å². The minimum atomic E-state index is 0.385. The number of guanidine groups is 1. The SMILES string of the molecule is CN=C(NCC1(CCOC)CCCC1)NC1CC1c1ccccc1. The van der Waals surface area contributed by atoms with Crippen molar-refractivity contribution in [1.29, 1.82) is 0 Å². The normalized spacial score (nSPS) is 25.5. The smallest absolute Gasteiger partial charge is 0.191 e. The molecule has 0 heterocycles. The van der Waals surface area contributed by atoms with Crippen molar-refractivity contribution in [2.45, 2.75) is 50.5 Å². The van der Waals surface area contributed by atoms with Gasteiger partial charge in [-0.1, -0.05) is 43.2 Å². The lowest BCUT2D eigenvalue weighted by atomic mass is 9.83. The Morgan fingerprint density at radius 3 is 2.67 bits per heavy atom. The average molecular weight is 329 g/mol. The third-order valence-electron chi connectivity index (χ3n) is 5.70. The topological polar surface area (TPSA) is 45.7 Å². The van der Waals surface area contributed by atoms with Gasteiger partial charge in [0.25, 0.3) is 0 Å². The second-order valence-corrected chi connectivity index (χ2v) is 7.38. The number of rotatable bonds is 7. The molecular formula is C20H31N3O. The Hall–Kier alpha value is -1.55. The Kier molecular flexibility index (Phi) is 5.77. The van der Waals surface area contributed by atoms with Crippen molar-refractivity contribution in [2.75, 3.05) is 27.3 Å². The molecule has 1 aromatic rings. The van der Waals surface area contributed by atoms with E-state index in [1.165, 1.54) is 37.7 Å².